The van der Waals surface area contributed by atoms with Crippen molar-refractivity contribution >= 4 is 22.6 Å². The summed E-state index contributed by atoms with van der Waals surface area (Å²) >= 11 is 1.72. The Morgan fingerprint density at radius 2 is 2.12 bits per heavy atom. The van der Waals surface area contributed by atoms with Gasteiger partial charge in [0.2, 0.25) is 5.88 Å². The molecule has 1 aromatic heterocycles. The van der Waals surface area contributed by atoms with E-state index in [9.17, 15) is 13.6 Å². The van der Waals surface area contributed by atoms with Gasteiger partial charge in [-0.1, -0.05) is 0 Å². The van der Waals surface area contributed by atoms with Crippen LogP contribution >= 0.6 is 22.6 Å². The number of ether oxygens (including phenoxy) is 1. The molecule has 2 rings (SSSR count). The predicted octanol–water partition coefficient (Wildman–Crippen LogP) is 2.45. The molecule has 0 fully saturated rings. The lowest BCUT2D eigenvalue weighted by molar-refractivity contribution is 0.419. The van der Waals surface area contributed by atoms with Crippen molar-refractivity contribution in [3.05, 3.63) is 50.1 Å². The van der Waals surface area contributed by atoms with E-state index in [1.807, 2.05) is 0 Å². The quantitative estimate of drug-likeness (QED) is 0.847. The molecule has 0 aliphatic carbocycles. The number of hydrogen-bond acceptors (Lipinski definition) is 3. The highest BCUT2D eigenvalue weighted by molar-refractivity contribution is 14.1. The second kappa shape index (κ2) is 4.78. The first kappa shape index (κ1) is 12.0. The second-order valence-corrected chi connectivity index (χ2v) is 4.11. The van der Waals surface area contributed by atoms with Crippen molar-refractivity contribution in [3.8, 4) is 11.6 Å². The van der Waals surface area contributed by atoms with Crippen LogP contribution in [0, 0.1) is 15.2 Å². The van der Waals surface area contributed by atoms with Gasteiger partial charge in [0.15, 0.2) is 11.6 Å². The molecule has 88 valence electrons. The average molecular weight is 350 g/mol. The number of rotatable bonds is 2. The monoisotopic (exact) mass is 350 g/mol. The summed E-state index contributed by atoms with van der Waals surface area (Å²) in [5, 5.41) is 0. The van der Waals surface area contributed by atoms with Gasteiger partial charge in [0, 0.05) is 6.07 Å². The SMILES string of the molecule is O=c1[nH]cnc(Oc2ccc(F)cc2F)c1I. The summed E-state index contributed by atoms with van der Waals surface area (Å²) in [4.78, 5) is 17.3. The maximum absolute atomic E-state index is 13.3. The standard InChI is InChI=1S/C10H5F2IN2O2/c11-5-1-2-7(6(12)3-5)17-10-8(13)9(16)14-4-15-10/h1-4H,(H,14,15,16). The maximum atomic E-state index is 13.3. The number of benzene rings is 1. The van der Waals surface area contributed by atoms with Gasteiger partial charge in [0.25, 0.3) is 5.56 Å². The van der Waals surface area contributed by atoms with Gasteiger partial charge in [-0.25, -0.2) is 13.8 Å². The first-order valence-corrected chi connectivity index (χ1v) is 5.52. The van der Waals surface area contributed by atoms with Crippen LogP contribution in [0.1, 0.15) is 0 Å². The summed E-state index contributed by atoms with van der Waals surface area (Å²) in [5.74, 6) is -1.78. The molecule has 0 aliphatic heterocycles. The topological polar surface area (TPSA) is 55.0 Å². The zero-order chi connectivity index (χ0) is 12.4. The molecule has 0 unspecified atom stereocenters. The van der Waals surface area contributed by atoms with Crippen molar-refractivity contribution < 1.29 is 13.5 Å². The third-order valence-corrected chi connectivity index (χ3v) is 2.82. The molecule has 0 saturated carbocycles. The Morgan fingerprint density at radius 1 is 1.35 bits per heavy atom. The van der Waals surface area contributed by atoms with Gasteiger partial charge >= 0.3 is 0 Å². The third-order valence-electron chi connectivity index (χ3n) is 1.87. The van der Waals surface area contributed by atoms with Crippen molar-refractivity contribution in [3.63, 3.8) is 0 Å². The lowest BCUT2D eigenvalue weighted by Crippen LogP contribution is -2.11. The molecule has 0 saturated heterocycles. The van der Waals surface area contributed by atoms with Crippen molar-refractivity contribution in [2.24, 2.45) is 0 Å². The van der Waals surface area contributed by atoms with Gasteiger partial charge < -0.3 is 9.72 Å². The first-order valence-electron chi connectivity index (χ1n) is 4.44. The van der Waals surface area contributed by atoms with E-state index in [0.29, 0.717) is 6.07 Å². The van der Waals surface area contributed by atoms with Crippen LogP contribution < -0.4 is 10.3 Å². The van der Waals surface area contributed by atoms with E-state index in [1.54, 1.807) is 22.6 Å². The van der Waals surface area contributed by atoms with Crippen molar-refractivity contribution in [2.45, 2.75) is 0 Å². The molecule has 0 atom stereocenters. The number of nitrogens with one attached hydrogen (secondary N) is 1. The van der Waals surface area contributed by atoms with Gasteiger partial charge in [-0.15, -0.1) is 0 Å². The number of aromatic nitrogens is 2. The van der Waals surface area contributed by atoms with Crippen LogP contribution in [0.2, 0.25) is 0 Å². The van der Waals surface area contributed by atoms with Gasteiger partial charge in [0.1, 0.15) is 9.39 Å². The minimum Gasteiger partial charge on any atom is -0.435 e. The first-order chi connectivity index (χ1) is 8.08. The van der Waals surface area contributed by atoms with Crippen LogP contribution in [0.3, 0.4) is 0 Å². The highest BCUT2D eigenvalue weighted by atomic mass is 127. The van der Waals surface area contributed by atoms with Crippen LogP contribution in [0.15, 0.2) is 29.3 Å². The summed E-state index contributed by atoms with van der Waals surface area (Å²) in [6.07, 6.45) is 1.14. The zero-order valence-electron chi connectivity index (χ0n) is 8.21. The number of halogens is 3. The molecule has 0 amide bonds. The Hall–Kier alpha value is -1.51. The van der Waals surface area contributed by atoms with Crippen LogP contribution in [-0.2, 0) is 0 Å². The molecule has 0 aliphatic rings. The van der Waals surface area contributed by atoms with Crippen molar-refractivity contribution in [1.82, 2.24) is 9.97 Å². The minimum absolute atomic E-state index is 0.0279. The molecule has 0 bridgehead atoms. The lowest BCUT2D eigenvalue weighted by Gasteiger charge is -2.06. The molecule has 1 heterocycles. The maximum Gasteiger partial charge on any atom is 0.268 e. The highest BCUT2D eigenvalue weighted by Gasteiger charge is 2.11. The van der Waals surface area contributed by atoms with Crippen LogP contribution in [0.5, 0.6) is 11.6 Å². The third kappa shape index (κ3) is 2.60. The summed E-state index contributed by atoms with van der Waals surface area (Å²) < 4.78 is 31.2. The molecule has 1 aromatic carbocycles. The number of H-pyrrole nitrogens is 1. The van der Waals surface area contributed by atoms with Gasteiger partial charge in [0.05, 0.1) is 6.33 Å². The fourth-order valence-electron chi connectivity index (χ4n) is 1.10. The van der Waals surface area contributed by atoms with E-state index in [-0.39, 0.29) is 15.2 Å². The smallest absolute Gasteiger partial charge is 0.268 e. The van der Waals surface area contributed by atoms with Crippen molar-refractivity contribution in [2.75, 3.05) is 0 Å². The predicted molar refractivity (Wildman–Crippen MR) is 64.0 cm³/mol. The van der Waals surface area contributed by atoms with E-state index in [1.165, 1.54) is 0 Å². The molecule has 0 spiro atoms. The summed E-state index contributed by atoms with van der Waals surface area (Å²) in [5.41, 5.74) is -0.391. The highest BCUT2D eigenvalue weighted by Crippen LogP contribution is 2.24. The van der Waals surface area contributed by atoms with E-state index in [4.69, 9.17) is 4.74 Å². The molecule has 1 N–H and O–H groups in total. The van der Waals surface area contributed by atoms with Gasteiger partial charge in [-0.2, -0.15) is 0 Å². The van der Waals surface area contributed by atoms with Crippen molar-refractivity contribution in [1.29, 1.82) is 0 Å². The largest absolute Gasteiger partial charge is 0.435 e. The molecular formula is C10H5F2IN2O2. The number of nitrogens with zero attached hydrogens (tertiary/aromatic N) is 1. The second-order valence-electron chi connectivity index (χ2n) is 3.03. The molecule has 17 heavy (non-hydrogen) atoms. The Kier molecular flexibility index (Phi) is 3.36. The Bertz CT molecular complexity index is 615. The Balaban J connectivity index is 2.38. The number of hydrogen-bond donors (Lipinski definition) is 1. The lowest BCUT2D eigenvalue weighted by atomic mass is 10.3. The Morgan fingerprint density at radius 3 is 2.82 bits per heavy atom. The normalized spacial score (nSPS) is 10.3. The van der Waals surface area contributed by atoms with Crippen LogP contribution in [0.25, 0.3) is 0 Å². The minimum atomic E-state index is -0.858. The molecule has 7 heteroatoms. The van der Waals surface area contributed by atoms with Crippen LogP contribution in [-0.4, -0.2) is 9.97 Å². The average Bonchev–Trinajstić information content (AvgIpc) is 2.28. The molecular weight excluding hydrogens is 345 g/mol. The van der Waals surface area contributed by atoms with Gasteiger partial charge in [-0.05, 0) is 34.7 Å². The molecule has 2 aromatic rings. The summed E-state index contributed by atoms with van der Waals surface area (Å²) in [7, 11) is 0. The fraction of sp³-hybridized carbons (Fsp3) is 0. The molecule has 4 nitrogen and oxygen atoms in total. The van der Waals surface area contributed by atoms with Gasteiger partial charge in [-0.3, -0.25) is 4.79 Å². The fourth-order valence-corrected chi connectivity index (χ4v) is 1.51. The Labute approximate surface area is 108 Å². The van der Waals surface area contributed by atoms with E-state index in [2.05, 4.69) is 9.97 Å². The van der Waals surface area contributed by atoms with E-state index >= 15 is 0 Å². The van der Waals surface area contributed by atoms with E-state index in [0.717, 1.165) is 18.5 Å². The summed E-state index contributed by atoms with van der Waals surface area (Å²) in [6.45, 7) is 0. The zero-order valence-corrected chi connectivity index (χ0v) is 10.4. The van der Waals surface area contributed by atoms with E-state index < -0.39 is 17.2 Å². The summed E-state index contributed by atoms with van der Waals surface area (Å²) in [6, 6.07) is 2.87. The van der Waals surface area contributed by atoms with Crippen LogP contribution in [0.4, 0.5) is 8.78 Å². The molecule has 0 radical (unpaired) electrons. The number of aromatic amines is 1.